The molecule has 134 valence electrons. The van der Waals surface area contributed by atoms with Crippen LogP contribution in [0.1, 0.15) is 24.1 Å². The van der Waals surface area contributed by atoms with E-state index in [4.69, 9.17) is 9.47 Å². The summed E-state index contributed by atoms with van der Waals surface area (Å²) in [7, 11) is 1.62. The van der Waals surface area contributed by atoms with Crippen LogP contribution in [0.15, 0.2) is 54.6 Å². The standard InChI is InChI=1S/C21H22N2O3/c1-14-11-21(23-19-12-17(25-3)9-10-18(14)19)26-13-20(24)22-15(2)16-7-5-4-6-8-16/h4-12,15H,13H2,1-3H3,(H,22,24)/t15-/m0/s1. The average Bonchev–Trinajstić information content (AvgIpc) is 2.66. The molecule has 0 radical (unpaired) electrons. The number of aryl methyl sites for hydroxylation is 1. The minimum Gasteiger partial charge on any atom is -0.497 e. The fraction of sp³-hybridized carbons (Fsp3) is 0.238. The Morgan fingerprint density at radius 3 is 2.65 bits per heavy atom. The second-order valence-electron chi connectivity index (χ2n) is 6.15. The molecule has 3 rings (SSSR count). The molecule has 26 heavy (non-hydrogen) atoms. The van der Waals surface area contributed by atoms with Gasteiger partial charge in [0, 0.05) is 17.5 Å². The maximum atomic E-state index is 12.2. The molecule has 0 spiro atoms. The number of rotatable bonds is 6. The van der Waals surface area contributed by atoms with Crippen molar-refractivity contribution in [2.75, 3.05) is 13.7 Å². The normalized spacial score (nSPS) is 11.8. The summed E-state index contributed by atoms with van der Waals surface area (Å²) >= 11 is 0. The Morgan fingerprint density at radius 2 is 1.92 bits per heavy atom. The lowest BCUT2D eigenvalue weighted by molar-refractivity contribution is -0.123. The van der Waals surface area contributed by atoms with Gasteiger partial charge in [-0.05, 0) is 37.1 Å². The highest BCUT2D eigenvalue weighted by Crippen LogP contribution is 2.25. The Bertz CT molecular complexity index is 910. The highest BCUT2D eigenvalue weighted by molar-refractivity contribution is 5.84. The first kappa shape index (κ1) is 17.7. The highest BCUT2D eigenvalue weighted by atomic mass is 16.5. The lowest BCUT2D eigenvalue weighted by Crippen LogP contribution is -2.31. The second-order valence-corrected chi connectivity index (χ2v) is 6.15. The molecule has 1 atom stereocenters. The molecule has 0 saturated heterocycles. The van der Waals surface area contributed by atoms with Gasteiger partial charge < -0.3 is 14.8 Å². The zero-order chi connectivity index (χ0) is 18.5. The van der Waals surface area contributed by atoms with Gasteiger partial charge in [0.2, 0.25) is 5.88 Å². The van der Waals surface area contributed by atoms with E-state index in [1.165, 1.54) is 0 Å². The maximum Gasteiger partial charge on any atom is 0.258 e. The number of carbonyl (C=O) groups is 1. The zero-order valence-corrected chi connectivity index (χ0v) is 15.2. The number of methoxy groups -OCH3 is 1. The first-order valence-corrected chi connectivity index (χ1v) is 8.49. The molecule has 0 saturated carbocycles. The number of pyridine rings is 1. The SMILES string of the molecule is COc1ccc2c(C)cc(OCC(=O)N[C@@H](C)c3ccccc3)nc2c1. The third-order valence-electron chi connectivity index (χ3n) is 4.23. The van der Waals surface area contributed by atoms with Crippen LogP contribution in [0.5, 0.6) is 11.6 Å². The Hall–Kier alpha value is -3.08. The molecular weight excluding hydrogens is 328 g/mol. The summed E-state index contributed by atoms with van der Waals surface area (Å²) in [5, 5.41) is 3.95. The van der Waals surface area contributed by atoms with Crippen LogP contribution >= 0.6 is 0 Å². The lowest BCUT2D eigenvalue weighted by atomic mass is 10.1. The molecule has 2 aromatic carbocycles. The van der Waals surface area contributed by atoms with Crippen molar-refractivity contribution in [3.05, 3.63) is 65.7 Å². The van der Waals surface area contributed by atoms with Gasteiger partial charge in [0.05, 0.1) is 18.7 Å². The van der Waals surface area contributed by atoms with E-state index < -0.39 is 0 Å². The minimum absolute atomic E-state index is 0.0807. The van der Waals surface area contributed by atoms with Crippen LogP contribution in [0.25, 0.3) is 10.9 Å². The number of fused-ring (bicyclic) bond motifs is 1. The van der Waals surface area contributed by atoms with Crippen molar-refractivity contribution >= 4 is 16.8 Å². The van der Waals surface area contributed by atoms with E-state index in [2.05, 4.69) is 10.3 Å². The molecule has 3 aromatic rings. The molecule has 0 unspecified atom stereocenters. The number of aromatic nitrogens is 1. The van der Waals surface area contributed by atoms with E-state index >= 15 is 0 Å². The monoisotopic (exact) mass is 350 g/mol. The van der Waals surface area contributed by atoms with E-state index in [0.717, 1.165) is 27.8 Å². The van der Waals surface area contributed by atoms with Crippen LogP contribution in [0.4, 0.5) is 0 Å². The summed E-state index contributed by atoms with van der Waals surface area (Å²) in [6, 6.07) is 17.3. The molecule has 5 nitrogen and oxygen atoms in total. The molecule has 0 bridgehead atoms. The summed E-state index contributed by atoms with van der Waals surface area (Å²) in [5.74, 6) is 0.966. The van der Waals surface area contributed by atoms with Crippen molar-refractivity contribution < 1.29 is 14.3 Å². The quantitative estimate of drug-likeness (QED) is 0.734. The maximum absolute atomic E-state index is 12.2. The summed E-state index contributed by atoms with van der Waals surface area (Å²) in [6.07, 6.45) is 0. The Kier molecular flexibility index (Phi) is 5.37. The van der Waals surface area contributed by atoms with Crippen LogP contribution in [0, 0.1) is 6.92 Å². The first-order valence-electron chi connectivity index (χ1n) is 8.49. The molecule has 1 amide bonds. The zero-order valence-electron chi connectivity index (χ0n) is 15.2. The van der Waals surface area contributed by atoms with Gasteiger partial charge in [-0.25, -0.2) is 4.98 Å². The topological polar surface area (TPSA) is 60.5 Å². The van der Waals surface area contributed by atoms with Gasteiger partial charge >= 0.3 is 0 Å². The van der Waals surface area contributed by atoms with E-state index in [0.29, 0.717) is 5.88 Å². The molecular formula is C21H22N2O3. The van der Waals surface area contributed by atoms with Crippen LogP contribution in [0.2, 0.25) is 0 Å². The summed E-state index contributed by atoms with van der Waals surface area (Å²) in [5.41, 5.74) is 2.86. The summed E-state index contributed by atoms with van der Waals surface area (Å²) in [6.45, 7) is 3.85. The smallest absolute Gasteiger partial charge is 0.258 e. The Labute approximate surface area is 153 Å². The first-order chi connectivity index (χ1) is 12.6. The predicted octanol–water partition coefficient (Wildman–Crippen LogP) is 3.81. The Balaban J connectivity index is 1.66. The molecule has 5 heteroatoms. The van der Waals surface area contributed by atoms with Gasteiger partial charge in [0.1, 0.15) is 5.75 Å². The number of nitrogens with zero attached hydrogens (tertiary/aromatic N) is 1. The fourth-order valence-electron chi connectivity index (χ4n) is 2.80. The molecule has 0 aliphatic carbocycles. The Morgan fingerprint density at radius 1 is 1.15 bits per heavy atom. The predicted molar refractivity (Wildman–Crippen MR) is 102 cm³/mol. The van der Waals surface area contributed by atoms with Crippen molar-refractivity contribution in [1.82, 2.24) is 10.3 Å². The van der Waals surface area contributed by atoms with Crippen molar-refractivity contribution in [2.24, 2.45) is 0 Å². The van der Waals surface area contributed by atoms with E-state index in [1.54, 1.807) is 7.11 Å². The number of hydrogen-bond acceptors (Lipinski definition) is 4. The number of ether oxygens (including phenoxy) is 2. The van der Waals surface area contributed by atoms with Gasteiger partial charge in [-0.1, -0.05) is 30.3 Å². The number of carbonyl (C=O) groups excluding carboxylic acids is 1. The number of amides is 1. The fourth-order valence-corrected chi connectivity index (χ4v) is 2.80. The molecule has 1 heterocycles. The van der Waals surface area contributed by atoms with Gasteiger partial charge in [-0.15, -0.1) is 0 Å². The van der Waals surface area contributed by atoms with Crippen LogP contribution in [-0.2, 0) is 4.79 Å². The third kappa shape index (κ3) is 4.11. The van der Waals surface area contributed by atoms with Crippen LogP contribution in [-0.4, -0.2) is 24.6 Å². The van der Waals surface area contributed by atoms with Crippen molar-refractivity contribution in [2.45, 2.75) is 19.9 Å². The number of nitrogens with one attached hydrogen (secondary N) is 1. The van der Waals surface area contributed by atoms with E-state index in [-0.39, 0.29) is 18.6 Å². The van der Waals surface area contributed by atoms with Crippen LogP contribution < -0.4 is 14.8 Å². The summed E-state index contributed by atoms with van der Waals surface area (Å²) < 4.78 is 10.8. The van der Waals surface area contributed by atoms with Crippen molar-refractivity contribution in [3.8, 4) is 11.6 Å². The van der Waals surface area contributed by atoms with Gasteiger partial charge in [0.25, 0.3) is 5.91 Å². The molecule has 0 fully saturated rings. The number of hydrogen-bond donors (Lipinski definition) is 1. The lowest BCUT2D eigenvalue weighted by Gasteiger charge is -2.15. The van der Waals surface area contributed by atoms with Gasteiger partial charge in [-0.2, -0.15) is 0 Å². The van der Waals surface area contributed by atoms with Gasteiger partial charge in [0.15, 0.2) is 6.61 Å². The third-order valence-corrected chi connectivity index (χ3v) is 4.23. The minimum atomic E-state index is -0.188. The molecule has 1 N–H and O–H groups in total. The average molecular weight is 350 g/mol. The van der Waals surface area contributed by atoms with E-state index in [1.807, 2.05) is 68.4 Å². The van der Waals surface area contributed by atoms with E-state index in [9.17, 15) is 4.79 Å². The molecule has 1 aromatic heterocycles. The van der Waals surface area contributed by atoms with Crippen LogP contribution in [0.3, 0.4) is 0 Å². The molecule has 0 aliphatic heterocycles. The molecule has 0 aliphatic rings. The number of benzene rings is 2. The van der Waals surface area contributed by atoms with Gasteiger partial charge in [-0.3, -0.25) is 4.79 Å². The van der Waals surface area contributed by atoms with Crippen molar-refractivity contribution in [1.29, 1.82) is 0 Å². The largest absolute Gasteiger partial charge is 0.497 e. The van der Waals surface area contributed by atoms with Crippen molar-refractivity contribution in [3.63, 3.8) is 0 Å². The summed E-state index contributed by atoms with van der Waals surface area (Å²) in [4.78, 5) is 16.6. The second kappa shape index (κ2) is 7.87. The highest BCUT2D eigenvalue weighted by Gasteiger charge is 2.11.